The molecule has 0 radical (unpaired) electrons. The summed E-state index contributed by atoms with van der Waals surface area (Å²) in [7, 11) is 0. The van der Waals surface area contributed by atoms with Gasteiger partial charge in [0, 0.05) is 17.6 Å². The van der Waals surface area contributed by atoms with Crippen LogP contribution in [0.5, 0.6) is 0 Å². The molecule has 2 atom stereocenters. The summed E-state index contributed by atoms with van der Waals surface area (Å²) >= 11 is 3.69. The normalized spacial score (nSPS) is 20.2. The van der Waals surface area contributed by atoms with Gasteiger partial charge in [-0.15, -0.1) is 0 Å². The summed E-state index contributed by atoms with van der Waals surface area (Å²) in [5, 5.41) is 3.50. The van der Waals surface area contributed by atoms with Gasteiger partial charge in [0.05, 0.1) is 6.10 Å². The van der Waals surface area contributed by atoms with Crippen molar-refractivity contribution in [3.8, 4) is 0 Å². The van der Waals surface area contributed by atoms with Crippen LogP contribution in [0.15, 0.2) is 28.7 Å². The van der Waals surface area contributed by atoms with Gasteiger partial charge < -0.3 is 10.1 Å². The van der Waals surface area contributed by atoms with Crippen molar-refractivity contribution in [2.75, 3.05) is 19.7 Å². The molecule has 1 saturated heterocycles. The van der Waals surface area contributed by atoms with Gasteiger partial charge in [-0.25, -0.2) is 0 Å². The van der Waals surface area contributed by atoms with E-state index in [2.05, 4.69) is 52.4 Å². The second-order valence-electron chi connectivity index (χ2n) is 5.59. The molecule has 0 aromatic heterocycles. The molecule has 2 unspecified atom stereocenters. The van der Waals surface area contributed by atoms with Crippen molar-refractivity contribution in [1.82, 2.24) is 5.32 Å². The molecule has 2 nitrogen and oxygen atoms in total. The van der Waals surface area contributed by atoms with Crippen LogP contribution in [0.1, 0.15) is 50.5 Å². The second-order valence-corrected chi connectivity index (χ2v) is 6.45. The highest BCUT2D eigenvalue weighted by atomic mass is 79.9. The van der Waals surface area contributed by atoms with Crippen molar-refractivity contribution >= 4 is 15.9 Å². The third kappa shape index (κ3) is 4.87. The number of nitrogens with one attached hydrogen (secondary N) is 1. The SMILES string of the molecule is CCNCC(CCCC1CCCO1)c1ccccc1Br. The molecule has 1 aliphatic rings. The topological polar surface area (TPSA) is 21.3 Å². The molecule has 0 spiro atoms. The minimum Gasteiger partial charge on any atom is -0.378 e. The maximum absolute atomic E-state index is 5.72. The summed E-state index contributed by atoms with van der Waals surface area (Å²) in [5.74, 6) is 0.590. The van der Waals surface area contributed by atoms with Crippen LogP contribution in [0, 0.1) is 0 Å². The van der Waals surface area contributed by atoms with E-state index in [-0.39, 0.29) is 0 Å². The molecule has 112 valence electrons. The van der Waals surface area contributed by atoms with Crippen molar-refractivity contribution in [3.05, 3.63) is 34.3 Å². The lowest BCUT2D eigenvalue weighted by Gasteiger charge is -2.20. The molecule has 1 fully saturated rings. The fraction of sp³-hybridized carbons (Fsp3) is 0.647. The number of benzene rings is 1. The molecule has 1 aromatic carbocycles. The van der Waals surface area contributed by atoms with E-state index in [1.807, 2.05) is 0 Å². The molecule has 3 heteroatoms. The quantitative estimate of drug-likeness (QED) is 0.753. The Labute approximate surface area is 131 Å². The Hall–Kier alpha value is -0.380. The Morgan fingerprint density at radius 2 is 2.25 bits per heavy atom. The zero-order chi connectivity index (χ0) is 14.2. The van der Waals surface area contributed by atoms with Crippen LogP contribution in [0.25, 0.3) is 0 Å². The van der Waals surface area contributed by atoms with E-state index in [1.54, 1.807) is 0 Å². The summed E-state index contributed by atoms with van der Waals surface area (Å²) in [6, 6.07) is 8.62. The first kappa shape index (κ1) is 16.0. The van der Waals surface area contributed by atoms with Crippen LogP contribution < -0.4 is 5.32 Å². The molecule has 1 N–H and O–H groups in total. The van der Waals surface area contributed by atoms with Crippen LogP contribution >= 0.6 is 15.9 Å². The van der Waals surface area contributed by atoms with Crippen LogP contribution in [0.4, 0.5) is 0 Å². The fourth-order valence-corrected chi connectivity index (χ4v) is 3.56. The van der Waals surface area contributed by atoms with Gasteiger partial charge in [0.25, 0.3) is 0 Å². The minimum atomic E-state index is 0.522. The van der Waals surface area contributed by atoms with E-state index in [0.717, 1.165) is 19.7 Å². The maximum Gasteiger partial charge on any atom is 0.0576 e. The van der Waals surface area contributed by atoms with E-state index in [1.165, 1.54) is 42.1 Å². The Morgan fingerprint density at radius 1 is 1.40 bits per heavy atom. The summed E-state index contributed by atoms with van der Waals surface area (Å²) in [5.41, 5.74) is 1.43. The van der Waals surface area contributed by atoms with Crippen LogP contribution in [-0.4, -0.2) is 25.8 Å². The van der Waals surface area contributed by atoms with E-state index in [0.29, 0.717) is 12.0 Å². The molecular formula is C17H26BrNO. The van der Waals surface area contributed by atoms with Crippen molar-refractivity contribution in [2.45, 2.75) is 51.0 Å². The predicted molar refractivity (Wildman–Crippen MR) is 88.3 cm³/mol. The van der Waals surface area contributed by atoms with E-state index >= 15 is 0 Å². The Morgan fingerprint density at radius 3 is 2.95 bits per heavy atom. The summed E-state index contributed by atoms with van der Waals surface area (Å²) < 4.78 is 6.96. The number of rotatable bonds is 8. The largest absolute Gasteiger partial charge is 0.378 e. The average molecular weight is 340 g/mol. The third-order valence-corrected chi connectivity index (χ3v) is 4.81. The van der Waals surface area contributed by atoms with Gasteiger partial charge in [-0.1, -0.05) is 47.5 Å². The van der Waals surface area contributed by atoms with Crippen molar-refractivity contribution in [1.29, 1.82) is 0 Å². The number of ether oxygens (including phenoxy) is 1. The lowest BCUT2D eigenvalue weighted by atomic mass is 9.92. The van der Waals surface area contributed by atoms with Crippen LogP contribution in [-0.2, 0) is 4.74 Å². The highest BCUT2D eigenvalue weighted by molar-refractivity contribution is 9.10. The van der Waals surface area contributed by atoms with Crippen molar-refractivity contribution < 1.29 is 4.74 Å². The standard InChI is InChI=1S/C17H26BrNO/c1-2-19-13-14(16-10-3-4-11-17(16)18)7-5-8-15-9-6-12-20-15/h3-4,10-11,14-15,19H,2,5-9,12-13H2,1H3. The molecule has 0 aliphatic carbocycles. The van der Waals surface area contributed by atoms with E-state index < -0.39 is 0 Å². The highest BCUT2D eigenvalue weighted by Gasteiger charge is 2.18. The molecule has 0 amide bonds. The average Bonchev–Trinajstić information content (AvgIpc) is 2.97. The van der Waals surface area contributed by atoms with Gasteiger partial charge in [0.15, 0.2) is 0 Å². The molecule has 1 aromatic rings. The van der Waals surface area contributed by atoms with Gasteiger partial charge in [0.2, 0.25) is 0 Å². The molecule has 2 rings (SSSR count). The Balaban J connectivity index is 1.87. The summed E-state index contributed by atoms with van der Waals surface area (Å²) in [6.45, 7) is 5.23. The lowest BCUT2D eigenvalue weighted by Crippen LogP contribution is -2.21. The van der Waals surface area contributed by atoms with Gasteiger partial charge in [-0.05, 0) is 49.8 Å². The zero-order valence-corrected chi connectivity index (χ0v) is 14.0. The molecule has 0 saturated carbocycles. The van der Waals surface area contributed by atoms with Crippen LogP contribution in [0.3, 0.4) is 0 Å². The summed E-state index contributed by atoms with van der Waals surface area (Å²) in [6.07, 6.45) is 6.72. The van der Waals surface area contributed by atoms with E-state index in [4.69, 9.17) is 4.74 Å². The van der Waals surface area contributed by atoms with Crippen molar-refractivity contribution in [2.24, 2.45) is 0 Å². The Bertz CT molecular complexity index is 390. The first-order valence-electron chi connectivity index (χ1n) is 7.88. The maximum atomic E-state index is 5.72. The Kier molecular flexibility index (Phi) is 7.05. The zero-order valence-electron chi connectivity index (χ0n) is 12.4. The number of hydrogen-bond donors (Lipinski definition) is 1. The predicted octanol–water partition coefficient (Wildman–Crippen LogP) is 4.49. The third-order valence-electron chi connectivity index (χ3n) is 4.09. The van der Waals surface area contributed by atoms with Gasteiger partial charge in [-0.3, -0.25) is 0 Å². The number of hydrogen-bond acceptors (Lipinski definition) is 2. The fourth-order valence-electron chi connectivity index (χ4n) is 2.96. The lowest BCUT2D eigenvalue weighted by molar-refractivity contribution is 0.101. The van der Waals surface area contributed by atoms with Crippen LogP contribution in [0.2, 0.25) is 0 Å². The van der Waals surface area contributed by atoms with E-state index in [9.17, 15) is 0 Å². The minimum absolute atomic E-state index is 0.522. The molecule has 1 aliphatic heterocycles. The van der Waals surface area contributed by atoms with Gasteiger partial charge in [-0.2, -0.15) is 0 Å². The first-order valence-corrected chi connectivity index (χ1v) is 8.67. The highest BCUT2D eigenvalue weighted by Crippen LogP contribution is 2.29. The molecule has 20 heavy (non-hydrogen) atoms. The smallest absolute Gasteiger partial charge is 0.0576 e. The molecule has 1 heterocycles. The molecular weight excluding hydrogens is 314 g/mol. The first-order chi connectivity index (χ1) is 9.81. The van der Waals surface area contributed by atoms with Gasteiger partial charge in [0.1, 0.15) is 0 Å². The van der Waals surface area contributed by atoms with Gasteiger partial charge >= 0.3 is 0 Å². The second kappa shape index (κ2) is 8.81. The summed E-state index contributed by atoms with van der Waals surface area (Å²) in [4.78, 5) is 0. The number of halogens is 1. The monoisotopic (exact) mass is 339 g/mol. The van der Waals surface area contributed by atoms with Crippen molar-refractivity contribution in [3.63, 3.8) is 0 Å². The number of likely N-dealkylation sites (N-methyl/N-ethyl adjacent to an activating group) is 1. The molecule has 0 bridgehead atoms.